The Balaban J connectivity index is 1.36. The molecule has 0 radical (unpaired) electrons. The highest BCUT2D eigenvalue weighted by Crippen LogP contribution is 2.27. The first-order valence-corrected chi connectivity index (χ1v) is 13.7. The molecule has 1 saturated carbocycles. The van der Waals surface area contributed by atoms with Crippen LogP contribution < -0.4 is 0 Å². The second-order valence-corrected chi connectivity index (χ2v) is 10.4. The number of piperazine rings is 1. The van der Waals surface area contributed by atoms with Gasteiger partial charge in [0.2, 0.25) is 0 Å². The average molecular weight is 484 g/mol. The molecule has 192 valence electrons. The van der Waals surface area contributed by atoms with E-state index in [1.165, 1.54) is 37.0 Å². The van der Waals surface area contributed by atoms with Gasteiger partial charge in [-0.3, -0.25) is 24.2 Å². The quantitative estimate of drug-likeness (QED) is 0.269. The first-order chi connectivity index (χ1) is 17.1. The lowest BCUT2D eigenvalue weighted by Crippen LogP contribution is -2.51. The molecule has 1 saturated heterocycles. The molecule has 2 fully saturated rings. The normalized spacial score (nSPS) is 20.8. The van der Waals surface area contributed by atoms with Gasteiger partial charge in [0.05, 0.1) is 23.6 Å². The van der Waals surface area contributed by atoms with Gasteiger partial charge in [-0.2, -0.15) is 0 Å². The minimum Gasteiger partial charge on any atom is -0.459 e. The number of esters is 1. The molecule has 1 aromatic rings. The van der Waals surface area contributed by atoms with E-state index in [1.807, 2.05) is 0 Å². The Morgan fingerprint density at radius 1 is 0.886 bits per heavy atom. The van der Waals surface area contributed by atoms with Gasteiger partial charge in [-0.15, -0.1) is 0 Å². The van der Waals surface area contributed by atoms with Gasteiger partial charge in [0.25, 0.3) is 11.8 Å². The smallest absolute Gasteiger partial charge is 0.309 e. The third-order valence-corrected chi connectivity index (χ3v) is 7.74. The van der Waals surface area contributed by atoms with Crippen LogP contribution in [0.15, 0.2) is 24.3 Å². The number of imide groups is 1. The number of nitrogens with zero attached hydrogens (tertiary/aromatic N) is 3. The van der Waals surface area contributed by atoms with Gasteiger partial charge in [-0.25, -0.2) is 0 Å². The Kier molecular flexibility index (Phi) is 9.32. The Morgan fingerprint density at radius 3 is 2.14 bits per heavy atom. The van der Waals surface area contributed by atoms with Crippen molar-refractivity contribution >= 4 is 17.8 Å². The number of ether oxygens (including phenoxy) is 1. The SMILES string of the molecule is CCCCCCN1CCN(CC(CN2C(=O)c3ccccc3C2=O)OC(=O)C2CCCCC2)CC1. The van der Waals surface area contributed by atoms with Crippen LogP contribution in [-0.2, 0) is 9.53 Å². The van der Waals surface area contributed by atoms with E-state index in [2.05, 4.69) is 16.7 Å². The highest BCUT2D eigenvalue weighted by atomic mass is 16.5. The summed E-state index contributed by atoms with van der Waals surface area (Å²) in [6.45, 7) is 7.87. The monoisotopic (exact) mass is 483 g/mol. The Hall–Kier alpha value is -2.25. The highest BCUT2D eigenvalue weighted by Gasteiger charge is 2.38. The minimum atomic E-state index is -0.511. The van der Waals surface area contributed by atoms with E-state index in [1.54, 1.807) is 24.3 Å². The van der Waals surface area contributed by atoms with Crippen molar-refractivity contribution in [3.63, 3.8) is 0 Å². The summed E-state index contributed by atoms with van der Waals surface area (Å²) in [4.78, 5) is 45.0. The van der Waals surface area contributed by atoms with Crippen LogP contribution in [0, 0.1) is 5.92 Å². The highest BCUT2D eigenvalue weighted by molar-refractivity contribution is 6.21. The molecule has 7 heteroatoms. The number of amides is 2. The number of fused-ring (bicyclic) bond motifs is 1. The molecule has 0 spiro atoms. The third kappa shape index (κ3) is 6.70. The maximum absolute atomic E-state index is 13.0. The molecule has 1 atom stereocenters. The largest absolute Gasteiger partial charge is 0.459 e. The first kappa shape index (κ1) is 25.8. The lowest BCUT2D eigenvalue weighted by atomic mass is 9.89. The number of hydrogen-bond acceptors (Lipinski definition) is 6. The van der Waals surface area contributed by atoms with Crippen molar-refractivity contribution < 1.29 is 19.1 Å². The second-order valence-electron chi connectivity index (χ2n) is 10.4. The first-order valence-electron chi connectivity index (χ1n) is 13.7. The fourth-order valence-corrected chi connectivity index (χ4v) is 5.59. The maximum Gasteiger partial charge on any atom is 0.309 e. The molecular formula is C28H41N3O4. The van der Waals surface area contributed by atoms with Gasteiger partial charge >= 0.3 is 5.97 Å². The van der Waals surface area contributed by atoms with Crippen LogP contribution in [0.4, 0.5) is 0 Å². The molecule has 1 aliphatic carbocycles. The Labute approximate surface area is 209 Å². The van der Waals surface area contributed by atoms with Gasteiger partial charge in [0.15, 0.2) is 0 Å². The van der Waals surface area contributed by atoms with Gasteiger partial charge in [0, 0.05) is 32.7 Å². The number of unbranched alkanes of at least 4 members (excludes halogenated alkanes) is 3. The lowest BCUT2D eigenvalue weighted by molar-refractivity contribution is -0.156. The van der Waals surface area contributed by atoms with Crippen molar-refractivity contribution in [3.05, 3.63) is 35.4 Å². The summed E-state index contributed by atoms with van der Waals surface area (Å²) in [6.07, 6.45) is 9.60. The van der Waals surface area contributed by atoms with Crippen LogP contribution in [0.1, 0.15) is 85.4 Å². The predicted octanol–water partition coefficient (Wildman–Crippen LogP) is 3.97. The van der Waals surface area contributed by atoms with E-state index in [0.29, 0.717) is 17.7 Å². The number of hydrogen-bond donors (Lipinski definition) is 0. The third-order valence-electron chi connectivity index (χ3n) is 7.74. The summed E-state index contributed by atoms with van der Waals surface area (Å²) in [6, 6.07) is 6.93. The van der Waals surface area contributed by atoms with Gasteiger partial charge in [-0.05, 0) is 37.9 Å². The Bertz CT molecular complexity index is 840. The molecule has 4 rings (SSSR count). The zero-order chi connectivity index (χ0) is 24.6. The number of rotatable bonds is 11. The molecule has 7 nitrogen and oxygen atoms in total. The fraction of sp³-hybridized carbons (Fsp3) is 0.679. The van der Waals surface area contributed by atoms with Crippen LogP contribution in [0.5, 0.6) is 0 Å². The number of carbonyl (C=O) groups is 3. The average Bonchev–Trinajstić information content (AvgIpc) is 3.13. The Morgan fingerprint density at radius 2 is 1.51 bits per heavy atom. The topological polar surface area (TPSA) is 70.2 Å². The van der Waals surface area contributed by atoms with Crippen molar-refractivity contribution in [2.45, 2.75) is 70.8 Å². The molecule has 0 bridgehead atoms. The molecule has 1 unspecified atom stereocenters. The molecule has 1 aromatic carbocycles. The van der Waals surface area contributed by atoms with Crippen molar-refractivity contribution in [2.24, 2.45) is 5.92 Å². The van der Waals surface area contributed by atoms with Crippen LogP contribution in [0.2, 0.25) is 0 Å². The number of benzene rings is 1. The van der Waals surface area contributed by atoms with Gasteiger partial charge in [-0.1, -0.05) is 57.6 Å². The fourth-order valence-electron chi connectivity index (χ4n) is 5.59. The summed E-state index contributed by atoms with van der Waals surface area (Å²) < 4.78 is 6.03. The molecule has 2 aliphatic heterocycles. The van der Waals surface area contributed by atoms with Crippen LogP contribution >= 0.6 is 0 Å². The predicted molar refractivity (Wildman–Crippen MR) is 135 cm³/mol. The van der Waals surface area contributed by atoms with Crippen LogP contribution in [0.3, 0.4) is 0 Å². The van der Waals surface area contributed by atoms with Crippen molar-refractivity contribution in [1.29, 1.82) is 0 Å². The standard InChI is InChI=1S/C28H41N3O4/c1-2-3-4-10-15-29-16-18-30(19-17-29)20-23(35-28(34)22-11-6-5-7-12-22)21-31-26(32)24-13-8-9-14-25(24)27(31)33/h8-9,13-14,22-23H,2-7,10-12,15-21H2,1H3. The van der Waals surface area contributed by atoms with Crippen molar-refractivity contribution in [3.8, 4) is 0 Å². The van der Waals surface area contributed by atoms with Gasteiger partial charge < -0.3 is 9.64 Å². The number of carbonyl (C=O) groups excluding carboxylic acids is 3. The summed E-state index contributed by atoms with van der Waals surface area (Å²) in [5.41, 5.74) is 0.873. The van der Waals surface area contributed by atoms with Crippen LogP contribution in [-0.4, -0.2) is 84.4 Å². The van der Waals surface area contributed by atoms with E-state index in [-0.39, 0.29) is 30.2 Å². The summed E-state index contributed by atoms with van der Waals surface area (Å²) >= 11 is 0. The van der Waals surface area contributed by atoms with E-state index >= 15 is 0 Å². The molecule has 2 amide bonds. The van der Waals surface area contributed by atoms with Crippen molar-refractivity contribution in [1.82, 2.24) is 14.7 Å². The molecular weight excluding hydrogens is 442 g/mol. The van der Waals surface area contributed by atoms with Gasteiger partial charge in [0.1, 0.15) is 6.10 Å². The molecule has 35 heavy (non-hydrogen) atoms. The summed E-state index contributed by atoms with van der Waals surface area (Å²) in [7, 11) is 0. The van der Waals surface area contributed by atoms with E-state index in [4.69, 9.17) is 4.74 Å². The minimum absolute atomic E-state index is 0.0617. The van der Waals surface area contributed by atoms with Crippen molar-refractivity contribution in [2.75, 3.05) is 45.8 Å². The second kappa shape index (κ2) is 12.6. The maximum atomic E-state index is 13.0. The molecule has 0 aromatic heterocycles. The zero-order valence-corrected chi connectivity index (χ0v) is 21.3. The molecule has 2 heterocycles. The lowest BCUT2D eigenvalue weighted by Gasteiger charge is -2.37. The molecule has 3 aliphatic rings. The summed E-state index contributed by atoms with van der Waals surface area (Å²) in [5.74, 6) is -0.809. The van der Waals surface area contributed by atoms with E-state index in [9.17, 15) is 14.4 Å². The van der Waals surface area contributed by atoms with E-state index in [0.717, 1.165) is 58.4 Å². The van der Waals surface area contributed by atoms with Crippen LogP contribution in [0.25, 0.3) is 0 Å². The summed E-state index contributed by atoms with van der Waals surface area (Å²) in [5, 5.41) is 0. The zero-order valence-electron chi connectivity index (χ0n) is 21.3. The van der Waals surface area contributed by atoms with E-state index < -0.39 is 6.10 Å². The molecule has 0 N–H and O–H groups in total.